The second-order valence-electron chi connectivity index (χ2n) is 7.03. The van der Waals surface area contributed by atoms with Crippen molar-refractivity contribution in [3.05, 3.63) is 29.3 Å². The summed E-state index contributed by atoms with van der Waals surface area (Å²) in [4.78, 5) is 2.23. The minimum atomic E-state index is 0.150. The molecule has 0 atom stereocenters. The zero-order valence-electron chi connectivity index (χ0n) is 12.6. The molecule has 1 aromatic rings. The summed E-state index contributed by atoms with van der Waals surface area (Å²) in [6, 6.07) is 7.57. The van der Waals surface area contributed by atoms with Crippen LogP contribution in [0.3, 0.4) is 0 Å². The van der Waals surface area contributed by atoms with E-state index in [1.807, 2.05) is 0 Å². The van der Waals surface area contributed by atoms with Gasteiger partial charge in [0.05, 0.1) is 0 Å². The van der Waals surface area contributed by atoms with Crippen LogP contribution in [0.4, 0.5) is 5.69 Å². The van der Waals surface area contributed by atoms with Gasteiger partial charge >= 0.3 is 0 Å². The van der Waals surface area contributed by atoms with E-state index in [1.54, 1.807) is 0 Å². The third kappa shape index (κ3) is 3.02. The Balaban J connectivity index is 3.55. The molecule has 0 aliphatic rings. The second-order valence-corrected chi connectivity index (χ2v) is 7.03. The summed E-state index contributed by atoms with van der Waals surface area (Å²) in [5.74, 6) is 0. The fourth-order valence-electron chi connectivity index (χ4n) is 2.12. The molecule has 0 aliphatic heterocycles. The summed E-state index contributed by atoms with van der Waals surface area (Å²) < 4.78 is 0. The first-order chi connectivity index (χ1) is 7.55. The van der Waals surface area contributed by atoms with Gasteiger partial charge in [-0.3, -0.25) is 0 Å². The smallest absolute Gasteiger partial charge is 0.0437 e. The molecule has 1 radical (unpaired) electrons. The van der Waals surface area contributed by atoms with Crippen molar-refractivity contribution in [2.45, 2.75) is 52.4 Å². The summed E-state index contributed by atoms with van der Waals surface area (Å²) in [6.45, 7) is 13.6. The summed E-state index contributed by atoms with van der Waals surface area (Å²) in [6.07, 6.45) is 0. The fourth-order valence-corrected chi connectivity index (χ4v) is 2.12. The molecule has 0 amide bonds. The van der Waals surface area contributed by atoms with E-state index in [2.05, 4.69) is 78.7 Å². The number of nitrogens with zero attached hydrogens (tertiary/aromatic N) is 1. The highest BCUT2D eigenvalue weighted by atomic mass is 15.1. The SMILES string of the molecule is CN(C)c1c(C(C)(C)C)c[c]cc1C(C)(C)C. The Kier molecular flexibility index (Phi) is 3.61. The molecule has 0 aromatic heterocycles. The number of hydrogen-bond acceptors (Lipinski definition) is 1. The molecule has 0 saturated carbocycles. The van der Waals surface area contributed by atoms with E-state index in [9.17, 15) is 0 Å². The average Bonchev–Trinajstić information content (AvgIpc) is 2.13. The van der Waals surface area contributed by atoms with Crippen molar-refractivity contribution in [3.8, 4) is 0 Å². The minimum Gasteiger partial charge on any atom is -0.377 e. The zero-order valence-corrected chi connectivity index (χ0v) is 12.6. The van der Waals surface area contributed by atoms with E-state index in [0.29, 0.717) is 0 Å². The number of hydrogen-bond donors (Lipinski definition) is 0. The van der Waals surface area contributed by atoms with Gasteiger partial charge < -0.3 is 4.90 Å². The van der Waals surface area contributed by atoms with Crippen molar-refractivity contribution >= 4 is 5.69 Å². The Bertz CT molecular complexity index is 357. The summed E-state index contributed by atoms with van der Waals surface area (Å²) in [5.41, 5.74) is 4.39. The van der Waals surface area contributed by atoms with Crippen LogP contribution in [0.15, 0.2) is 12.1 Å². The Morgan fingerprint density at radius 3 is 1.41 bits per heavy atom. The van der Waals surface area contributed by atoms with Crippen LogP contribution in [-0.4, -0.2) is 14.1 Å². The Labute approximate surface area is 107 Å². The van der Waals surface area contributed by atoms with Crippen molar-refractivity contribution in [1.29, 1.82) is 0 Å². The van der Waals surface area contributed by atoms with E-state index in [-0.39, 0.29) is 10.8 Å². The first kappa shape index (κ1) is 14.1. The van der Waals surface area contributed by atoms with Crippen LogP contribution in [0, 0.1) is 6.07 Å². The third-order valence-corrected chi connectivity index (χ3v) is 3.03. The second kappa shape index (κ2) is 4.36. The van der Waals surface area contributed by atoms with Gasteiger partial charge in [-0.15, -0.1) is 0 Å². The number of rotatable bonds is 1. The highest BCUT2D eigenvalue weighted by molar-refractivity contribution is 5.63. The molecule has 0 spiro atoms. The van der Waals surface area contributed by atoms with Crippen LogP contribution in [0.5, 0.6) is 0 Å². The van der Waals surface area contributed by atoms with E-state index < -0.39 is 0 Å². The Morgan fingerprint density at radius 2 is 1.18 bits per heavy atom. The molecule has 0 saturated heterocycles. The molecule has 1 heteroatoms. The van der Waals surface area contributed by atoms with Crippen molar-refractivity contribution in [3.63, 3.8) is 0 Å². The van der Waals surface area contributed by atoms with E-state index in [0.717, 1.165) is 0 Å². The van der Waals surface area contributed by atoms with Crippen molar-refractivity contribution in [2.24, 2.45) is 0 Å². The quantitative estimate of drug-likeness (QED) is 0.703. The molecule has 95 valence electrons. The molecule has 0 N–H and O–H groups in total. The highest BCUT2D eigenvalue weighted by Gasteiger charge is 2.26. The maximum absolute atomic E-state index is 3.31. The minimum absolute atomic E-state index is 0.150. The maximum Gasteiger partial charge on any atom is 0.0437 e. The van der Waals surface area contributed by atoms with Crippen LogP contribution in [-0.2, 0) is 10.8 Å². The van der Waals surface area contributed by atoms with E-state index in [4.69, 9.17) is 0 Å². The van der Waals surface area contributed by atoms with Crippen LogP contribution >= 0.6 is 0 Å². The van der Waals surface area contributed by atoms with Gasteiger partial charge in [0.1, 0.15) is 0 Å². The lowest BCUT2D eigenvalue weighted by atomic mass is 9.78. The first-order valence-electron chi connectivity index (χ1n) is 6.27. The van der Waals surface area contributed by atoms with Crippen molar-refractivity contribution < 1.29 is 0 Å². The monoisotopic (exact) mass is 232 g/mol. The summed E-state index contributed by atoms with van der Waals surface area (Å²) in [5, 5.41) is 0. The van der Waals surface area contributed by atoms with Gasteiger partial charge in [-0.1, -0.05) is 41.5 Å². The van der Waals surface area contributed by atoms with Crippen LogP contribution in [0.1, 0.15) is 52.7 Å². The molecule has 0 bridgehead atoms. The summed E-state index contributed by atoms with van der Waals surface area (Å²) >= 11 is 0. The number of benzene rings is 1. The average molecular weight is 232 g/mol. The van der Waals surface area contributed by atoms with Gasteiger partial charge in [0.2, 0.25) is 0 Å². The molecule has 0 aliphatic carbocycles. The van der Waals surface area contributed by atoms with Crippen molar-refractivity contribution in [1.82, 2.24) is 0 Å². The van der Waals surface area contributed by atoms with Crippen LogP contribution < -0.4 is 4.90 Å². The molecule has 1 aromatic carbocycles. The third-order valence-electron chi connectivity index (χ3n) is 3.03. The maximum atomic E-state index is 3.31. The molecule has 17 heavy (non-hydrogen) atoms. The molecule has 0 heterocycles. The summed E-state index contributed by atoms with van der Waals surface area (Å²) in [7, 11) is 4.25. The molecule has 1 nitrogen and oxygen atoms in total. The molecule has 0 unspecified atom stereocenters. The van der Waals surface area contributed by atoms with Gasteiger partial charge in [-0.05, 0) is 40.2 Å². The lowest BCUT2D eigenvalue weighted by molar-refractivity contribution is 0.568. The lowest BCUT2D eigenvalue weighted by Crippen LogP contribution is -2.24. The van der Waals surface area contributed by atoms with Gasteiger partial charge in [0.25, 0.3) is 0 Å². The zero-order chi connectivity index (χ0) is 13.4. The standard InChI is InChI=1S/C16H26N/c1-15(2,3)12-10-9-11-13(16(4,5)6)14(12)17(7)8/h10-11H,1-8H3. The predicted molar refractivity (Wildman–Crippen MR) is 77.0 cm³/mol. The molecule has 0 fully saturated rings. The first-order valence-corrected chi connectivity index (χ1v) is 6.27. The van der Waals surface area contributed by atoms with Gasteiger partial charge in [0.15, 0.2) is 0 Å². The van der Waals surface area contributed by atoms with Gasteiger partial charge in [-0.25, -0.2) is 0 Å². The largest absolute Gasteiger partial charge is 0.377 e. The number of anilines is 1. The molecular weight excluding hydrogens is 206 g/mol. The normalized spacial score (nSPS) is 12.7. The Hall–Kier alpha value is -0.980. The van der Waals surface area contributed by atoms with Gasteiger partial charge in [-0.2, -0.15) is 0 Å². The highest BCUT2D eigenvalue weighted by Crippen LogP contribution is 2.38. The Morgan fingerprint density at radius 1 is 0.824 bits per heavy atom. The fraction of sp³-hybridized carbons (Fsp3) is 0.625. The topological polar surface area (TPSA) is 3.24 Å². The van der Waals surface area contributed by atoms with Gasteiger partial charge in [0, 0.05) is 19.8 Å². The molecular formula is C16H26N. The van der Waals surface area contributed by atoms with Crippen LogP contribution in [0.25, 0.3) is 0 Å². The lowest BCUT2D eigenvalue weighted by Gasteiger charge is -2.33. The predicted octanol–water partition coefficient (Wildman–Crippen LogP) is 4.15. The van der Waals surface area contributed by atoms with E-state index >= 15 is 0 Å². The van der Waals surface area contributed by atoms with Crippen molar-refractivity contribution in [2.75, 3.05) is 19.0 Å². The van der Waals surface area contributed by atoms with Crippen LogP contribution in [0.2, 0.25) is 0 Å². The molecule has 1 rings (SSSR count). The van der Waals surface area contributed by atoms with E-state index in [1.165, 1.54) is 16.8 Å².